The summed E-state index contributed by atoms with van der Waals surface area (Å²) in [7, 11) is -3.84. The molecule has 0 unspecified atom stereocenters. The lowest BCUT2D eigenvalue weighted by atomic mass is 10.1. The molecular weight excluding hydrogens is 292 g/mol. The summed E-state index contributed by atoms with van der Waals surface area (Å²) in [5, 5.41) is 19.0. The van der Waals surface area contributed by atoms with E-state index < -0.39 is 15.8 Å². The lowest BCUT2D eigenvalue weighted by molar-refractivity contribution is 0.415. The molecule has 0 aromatic heterocycles. The van der Waals surface area contributed by atoms with Crippen LogP contribution in [0.25, 0.3) is 0 Å². The lowest BCUT2D eigenvalue weighted by Crippen LogP contribution is -2.25. The second kappa shape index (κ2) is 4.64. The van der Waals surface area contributed by atoms with Crippen molar-refractivity contribution in [3.8, 4) is 11.5 Å². The normalized spacial score (nSPS) is 15.0. The van der Waals surface area contributed by atoms with Crippen LogP contribution in [0.2, 0.25) is 0 Å². The maximum Gasteiger partial charge on any atom is 0.247 e. The molecule has 0 aliphatic carbocycles. The number of nitrogens with two attached hydrogens (primary N) is 1. The average molecular weight is 306 g/mol. The highest BCUT2D eigenvalue weighted by Crippen LogP contribution is 2.34. The first-order chi connectivity index (χ1) is 9.88. The van der Waals surface area contributed by atoms with Crippen LogP contribution in [0.3, 0.4) is 0 Å². The molecule has 3 rings (SSSR count). The molecule has 0 amide bonds. The SMILES string of the molecule is Nc1ccc2c(c1)CN(S(=O)(=O)c1ccc(O)cc1O)C2. The Hall–Kier alpha value is -2.25. The molecule has 21 heavy (non-hydrogen) atoms. The van der Waals surface area contributed by atoms with E-state index in [4.69, 9.17) is 5.73 Å². The smallest absolute Gasteiger partial charge is 0.247 e. The molecule has 0 bridgehead atoms. The van der Waals surface area contributed by atoms with Crippen molar-refractivity contribution in [2.24, 2.45) is 0 Å². The van der Waals surface area contributed by atoms with Crippen molar-refractivity contribution in [1.82, 2.24) is 4.31 Å². The van der Waals surface area contributed by atoms with Gasteiger partial charge in [-0.3, -0.25) is 0 Å². The van der Waals surface area contributed by atoms with E-state index in [1.54, 1.807) is 18.2 Å². The monoisotopic (exact) mass is 306 g/mol. The third-order valence-electron chi connectivity index (χ3n) is 3.48. The third kappa shape index (κ3) is 2.30. The maximum absolute atomic E-state index is 12.6. The van der Waals surface area contributed by atoms with Gasteiger partial charge in [0.15, 0.2) is 0 Å². The third-order valence-corrected chi connectivity index (χ3v) is 5.32. The molecule has 0 spiro atoms. The molecule has 1 aliphatic heterocycles. The first-order valence-electron chi connectivity index (χ1n) is 6.27. The fraction of sp³-hybridized carbons (Fsp3) is 0.143. The molecule has 0 saturated heterocycles. The molecule has 1 heterocycles. The topological polar surface area (TPSA) is 104 Å². The molecule has 0 fully saturated rings. The molecule has 4 N–H and O–H groups in total. The standard InChI is InChI=1S/C14H14N2O4S/c15-11-2-1-9-7-16(8-10(9)5-11)21(19,20)14-4-3-12(17)6-13(14)18/h1-6,17-18H,7-8,15H2. The van der Waals surface area contributed by atoms with Gasteiger partial charge in [0.05, 0.1) is 0 Å². The number of benzene rings is 2. The summed E-state index contributed by atoms with van der Waals surface area (Å²) >= 11 is 0. The van der Waals surface area contributed by atoms with Crippen LogP contribution in [0.4, 0.5) is 5.69 Å². The minimum absolute atomic E-state index is 0.191. The van der Waals surface area contributed by atoms with Gasteiger partial charge >= 0.3 is 0 Å². The molecule has 0 saturated carbocycles. The Kier molecular flexibility index (Phi) is 3.03. The van der Waals surface area contributed by atoms with Gasteiger partial charge in [-0.25, -0.2) is 8.42 Å². The van der Waals surface area contributed by atoms with E-state index in [0.29, 0.717) is 5.69 Å². The second-order valence-corrected chi connectivity index (χ2v) is 6.86. The molecule has 6 nitrogen and oxygen atoms in total. The number of hydrogen-bond acceptors (Lipinski definition) is 5. The second-order valence-electron chi connectivity index (χ2n) is 4.95. The van der Waals surface area contributed by atoms with Gasteiger partial charge in [0.1, 0.15) is 16.4 Å². The largest absolute Gasteiger partial charge is 0.508 e. The molecule has 0 atom stereocenters. The van der Waals surface area contributed by atoms with E-state index in [0.717, 1.165) is 17.2 Å². The number of nitrogen functional groups attached to an aromatic ring is 1. The number of sulfonamides is 1. The Labute approximate surface area is 122 Å². The first-order valence-corrected chi connectivity index (χ1v) is 7.71. The fourth-order valence-electron chi connectivity index (χ4n) is 2.42. The maximum atomic E-state index is 12.6. The number of aromatic hydroxyl groups is 2. The van der Waals surface area contributed by atoms with Gasteiger partial charge in [0, 0.05) is 24.8 Å². The number of phenols is 2. The van der Waals surface area contributed by atoms with Crippen LogP contribution in [-0.4, -0.2) is 22.9 Å². The van der Waals surface area contributed by atoms with Crippen molar-refractivity contribution in [3.63, 3.8) is 0 Å². The van der Waals surface area contributed by atoms with Gasteiger partial charge in [-0.15, -0.1) is 0 Å². The van der Waals surface area contributed by atoms with Gasteiger partial charge < -0.3 is 15.9 Å². The quantitative estimate of drug-likeness (QED) is 0.727. The molecule has 0 radical (unpaired) electrons. The number of nitrogens with zero attached hydrogens (tertiary/aromatic N) is 1. The van der Waals surface area contributed by atoms with Gasteiger partial charge in [0.25, 0.3) is 0 Å². The summed E-state index contributed by atoms with van der Waals surface area (Å²) < 4.78 is 26.4. The molecule has 110 valence electrons. The predicted octanol–water partition coefficient (Wildman–Crippen LogP) is 1.38. The highest BCUT2D eigenvalue weighted by Gasteiger charge is 2.32. The Morgan fingerprint density at radius 3 is 2.43 bits per heavy atom. The van der Waals surface area contributed by atoms with E-state index in [-0.39, 0.29) is 23.7 Å². The number of phenolic OH excluding ortho intramolecular Hbond substituents is 2. The molecule has 1 aliphatic rings. The zero-order chi connectivity index (χ0) is 15.2. The van der Waals surface area contributed by atoms with E-state index in [1.165, 1.54) is 16.4 Å². The summed E-state index contributed by atoms with van der Waals surface area (Å²) in [4.78, 5) is -0.221. The number of rotatable bonds is 2. The van der Waals surface area contributed by atoms with Crippen molar-refractivity contribution in [3.05, 3.63) is 47.5 Å². The number of hydrogen-bond donors (Lipinski definition) is 3. The molecule has 7 heteroatoms. The van der Waals surface area contributed by atoms with Crippen LogP contribution in [0.15, 0.2) is 41.3 Å². The molecular formula is C14H14N2O4S. The van der Waals surface area contributed by atoms with Crippen molar-refractivity contribution in [2.45, 2.75) is 18.0 Å². The van der Waals surface area contributed by atoms with Crippen LogP contribution in [0.1, 0.15) is 11.1 Å². The fourth-order valence-corrected chi connectivity index (χ4v) is 3.88. The zero-order valence-corrected chi connectivity index (χ0v) is 11.8. The van der Waals surface area contributed by atoms with Crippen LogP contribution in [0.5, 0.6) is 11.5 Å². The minimum Gasteiger partial charge on any atom is -0.508 e. The lowest BCUT2D eigenvalue weighted by Gasteiger charge is -2.16. The number of anilines is 1. The molecule has 2 aromatic carbocycles. The highest BCUT2D eigenvalue weighted by atomic mass is 32.2. The van der Waals surface area contributed by atoms with Crippen molar-refractivity contribution in [2.75, 3.05) is 5.73 Å². The zero-order valence-electron chi connectivity index (χ0n) is 11.0. The van der Waals surface area contributed by atoms with Crippen LogP contribution in [0, 0.1) is 0 Å². The van der Waals surface area contributed by atoms with E-state index in [1.807, 2.05) is 0 Å². The van der Waals surface area contributed by atoms with E-state index in [9.17, 15) is 18.6 Å². The minimum atomic E-state index is -3.84. The summed E-state index contributed by atoms with van der Waals surface area (Å²) in [6, 6.07) is 8.71. The average Bonchev–Trinajstić information content (AvgIpc) is 2.81. The van der Waals surface area contributed by atoms with Crippen LogP contribution < -0.4 is 5.73 Å². The van der Waals surface area contributed by atoms with Crippen molar-refractivity contribution >= 4 is 15.7 Å². The van der Waals surface area contributed by atoms with Crippen LogP contribution in [-0.2, 0) is 23.1 Å². The van der Waals surface area contributed by atoms with Gasteiger partial charge in [0.2, 0.25) is 10.0 Å². The van der Waals surface area contributed by atoms with E-state index in [2.05, 4.69) is 0 Å². The van der Waals surface area contributed by atoms with Crippen molar-refractivity contribution in [1.29, 1.82) is 0 Å². The van der Waals surface area contributed by atoms with Gasteiger partial charge in [-0.05, 0) is 35.4 Å². The van der Waals surface area contributed by atoms with Gasteiger partial charge in [-0.2, -0.15) is 4.31 Å². The highest BCUT2D eigenvalue weighted by molar-refractivity contribution is 7.89. The Balaban J connectivity index is 1.98. The molecule has 2 aromatic rings. The first kappa shape index (κ1) is 13.7. The summed E-state index contributed by atoms with van der Waals surface area (Å²) in [5.41, 5.74) is 8.04. The number of fused-ring (bicyclic) bond motifs is 1. The predicted molar refractivity (Wildman–Crippen MR) is 77.1 cm³/mol. The Morgan fingerprint density at radius 1 is 1.00 bits per heavy atom. The Bertz CT molecular complexity index is 818. The van der Waals surface area contributed by atoms with Crippen LogP contribution >= 0.6 is 0 Å². The van der Waals surface area contributed by atoms with E-state index >= 15 is 0 Å². The Morgan fingerprint density at radius 2 is 1.71 bits per heavy atom. The summed E-state index contributed by atoms with van der Waals surface area (Å²) in [5.74, 6) is -0.658. The summed E-state index contributed by atoms with van der Waals surface area (Å²) in [6.07, 6.45) is 0. The summed E-state index contributed by atoms with van der Waals surface area (Å²) in [6.45, 7) is 0.446. The van der Waals surface area contributed by atoms with Crippen molar-refractivity contribution < 1.29 is 18.6 Å². The van der Waals surface area contributed by atoms with Gasteiger partial charge in [-0.1, -0.05) is 6.07 Å².